The van der Waals surface area contributed by atoms with Crippen molar-refractivity contribution in [2.45, 2.75) is 0 Å². The van der Waals surface area contributed by atoms with E-state index in [4.69, 9.17) is 10.8 Å². The monoisotopic (exact) mass is 317 g/mol. The van der Waals surface area contributed by atoms with E-state index in [1.807, 2.05) is 0 Å². The first-order valence-electron chi connectivity index (χ1n) is 7.44. The quantitative estimate of drug-likeness (QED) is 0.526. The number of nitrogen functional groups attached to an aromatic ring is 1. The van der Waals surface area contributed by atoms with Crippen molar-refractivity contribution in [3.8, 4) is 0 Å². The lowest BCUT2D eigenvalue weighted by Crippen LogP contribution is -2.24. The Bertz CT molecular complexity index is 736. The Kier molecular flexibility index (Phi) is 4.26. The van der Waals surface area contributed by atoms with Crippen LogP contribution in [0.15, 0.2) is 18.2 Å². The molecule has 0 radical (unpaired) electrons. The second-order valence-electron chi connectivity index (χ2n) is 5.71. The molecular formula is C15H19N5O3. The van der Waals surface area contributed by atoms with Gasteiger partial charge in [-0.2, -0.15) is 4.98 Å². The Hall–Kier alpha value is -2.45. The van der Waals surface area contributed by atoms with Crippen LogP contribution < -0.4 is 16.4 Å². The summed E-state index contributed by atoms with van der Waals surface area (Å²) in [6.45, 7) is 2.35. The van der Waals surface area contributed by atoms with E-state index in [1.165, 1.54) is 12.1 Å². The number of rotatable bonds is 5. The van der Waals surface area contributed by atoms with Gasteiger partial charge in [0, 0.05) is 37.5 Å². The molecule has 1 aliphatic rings. The normalized spacial score (nSPS) is 20.7. The summed E-state index contributed by atoms with van der Waals surface area (Å²) in [4.78, 5) is 19.5. The van der Waals surface area contributed by atoms with Crippen molar-refractivity contribution in [1.29, 1.82) is 0 Å². The molecule has 1 aromatic heterocycles. The minimum Gasteiger partial charge on any atom is -0.478 e. The van der Waals surface area contributed by atoms with Crippen LogP contribution in [0.1, 0.15) is 10.4 Å². The number of carboxylic acids is 1. The van der Waals surface area contributed by atoms with Gasteiger partial charge in [0.25, 0.3) is 0 Å². The lowest BCUT2D eigenvalue weighted by molar-refractivity contribution is 0.0697. The van der Waals surface area contributed by atoms with Crippen LogP contribution in [0.2, 0.25) is 0 Å². The summed E-state index contributed by atoms with van der Waals surface area (Å²) < 4.78 is 0. The molecule has 2 atom stereocenters. The molecule has 2 heterocycles. The largest absolute Gasteiger partial charge is 0.478 e. The zero-order valence-electron chi connectivity index (χ0n) is 12.5. The highest BCUT2D eigenvalue weighted by Crippen LogP contribution is 2.24. The van der Waals surface area contributed by atoms with Crippen molar-refractivity contribution < 1.29 is 15.0 Å². The van der Waals surface area contributed by atoms with Gasteiger partial charge < -0.3 is 26.6 Å². The molecule has 1 aromatic carbocycles. The maximum absolute atomic E-state index is 11.1. The Labute approximate surface area is 132 Å². The number of aliphatic hydroxyl groups is 1. The second-order valence-corrected chi connectivity index (χ2v) is 5.71. The number of hydrogen-bond acceptors (Lipinski definition) is 7. The van der Waals surface area contributed by atoms with Gasteiger partial charge in [0.05, 0.1) is 11.1 Å². The molecule has 23 heavy (non-hydrogen) atoms. The number of carboxylic acid groups (broad SMARTS) is 1. The summed E-state index contributed by atoms with van der Waals surface area (Å²) in [5, 5.41) is 25.6. The van der Waals surface area contributed by atoms with Gasteiger partial charge in [0.1, 0.15) is 5.82 Å². The van der Waals surface area contributed by atoms with Crippen LogP contribution in [-0.4, -0.2) is 52.4 Å². The SMILES string of the molecule is Nc1nc(NC[C@H]2CNC[C@@H]2CO)c2cc(C(=O)O)ccc2n1. The summed E-state index contributed by atoms with van der Waals surface area (Å²) in [7, 11) is 0. The van der Waals surface area contributed by atoms with Crippen LogP contribution in [0.5, 0.6) is 0 Å². The lowest BCUT2D eigenvalue weighted by atomic mass is 9.97. The van der Waals surface area contributed by atoms with E-state index in [9.17, 15) is 9.90 Å². The Morgan fingerprint density at radius 2 is 2.13 bits per heavy atom. The van der Waals surface area contributed by atoms with Gasteiger partial charge in [0.15, 0.2) is 0 Å². The Morgan fingerprint density at radius 1 is 1.35 bits per heavy atom. The molecule has 2 aromatic rings. The van der Waals surface area contributed by atoms with Crippen LogP contribution in [0.3, 0.4) is 0 Å². The molecule has 6 N–H and O–H groups in total. The van der Waals surface area contributed by atoms with Crippen LogP contribution in [0.4, 0.5) is 11.8 Å². The fraction of sp³-hybridized carbons (Fsp3) is 0.400. The summed E-state index contributed by atoms with van der Waals surface area (Å²) in [6.07, 6.45) is 0. The van der Waals surface area contributed by atoms with E-state index < -0.39 is 5.97 Å². The number of nitrogens with zero attached hydrogens (tertiary/aromatic N) is 2. The predicted octanol–water partition coefficient (Wildman–Crippen LogP) is 0.150. The molecule has 1 aliphatic heterocycles. The van der Waals surface area contributed by atoms with Gasteiger partial charge in [0.2, 0.25) is 5.95 Å². The van der Waals surface area contributed by atoms with E-state index in [1.54, 1.807) is 6.07 Å². The number of aliphatic hydroxyl groups excluding tert-OH is 1. The maximum atomic E-state index is 11.1. The van der Waals surface area contributed by atoms with E-state index >= 15 is 0 Å². The third-order valence-corrected chi connectivity index (χ3v) is 4.21. The molecule has 0 amide bonds. The second kappa shape index (κ2) is 6.35. The summed E-state index contributed by atoms with van der Waals surface area (Å²) in [5.74, 6) is 0.108. The highest BCUT2D eigenvalue weighted by molar-refractivity contribution is 5.97. The number of fused-ring (bicyclic) bond motifs is 1. The fourth-order valence-electron chi connectivity index (χ4n) is 2.88. The number of carbonyl (C=O) groups is 1. The van der Waals surface area contributed by atoms with Crippen molar-refractivity contribution >= 4 is 28.6 Å². The van der Waals surface area contributed by atoms with Crippen LogP contribution in [0.25, 0.3) is 10.9 Å². The molecule has 0 spiro atoms. The number of anilines is 2. The Morgan fingerprint density at radius 3 is 2.87 bits per heavy atom. The topological polar surface area (TPSA) is 133 Å². The molecule has 0 aliphatic carbocycles. The average molecular weight is 317 g/mol. The fourth-order valence-corrected chi connectivity index (χ4v) is 2.88. The minimum absolute atomic E-state index is 0.131. The lowest BCUT2D eigenvalue weighted by Gasteiger charge is -2.18. The number of nitrogens with one attached hydrogen (secondary N) is 2. The number of hydrogen-bond donors (Lipinski definition) is 5. The Balaban J connectivity index is 1.89. The van der Waals surface area contributed by atoms with Crippen molar-refractivity contribution in [2.24, 2.45) is 11.8 Å². The third-order valence-electron chi connectivity index (χ3n) is 4.21. The van der Waals surface area contributed by atoms with Crippen molar-refractivity contribution in [3.05, 3.63) is 23.8 Å². The van der Waals surface area contributed by atoms with Gasteiger partial charge in [-0.3, -0.25) is 0 Å². The third kappa shape index (κ3) is 3.17. The van der Waals surface area contributed by atoms with Crippen LogP contribution in [0, 0.1) is 11.8 Å². The van der Waals surface area contributed by atoms with E-state index in [-0.39, 0.29) is 30.0 Å². The molecule has 1 saturated heterocycles. The minimum atomic E-state index is -1.00. The van der Waals surface area contributed by atoms with E-state index in [0.717, 1.165) is 13.1 Å². The molecule has 122 valence electrons. The van der Waals surface area contributed by atoms with Crippen LogP contribution in [-0.2, 0) is 0 Å². The zero-order valence-corrected chi connectivity index (χ0v) is 12.5. The maximum Gasteiger partial charge on any atom is 0.335 e. The van der Waals surface area contributed by atoms with Crippen LogP contribution >= 0.6 is 0 Å². The number of benzene rings is 1. The molecule has 0 bridgehead atoms. The van der Waals surface area contributed by atoms with Crippen molar-refractivity contribution in [1.82, 2.24) is 15.3 Å². The van der Waals surface area contributed by atoms with Gasteiger partial charge in [-0.05, 0) is 24.1 Å². The average Bonchev–Trinajstić information content (AvgIpc) is 2.99. The standard InChI is InChI=1S/C15H19N5O3/c16-15-19-12-2-1-8(14(22)23)3-11(12)13(20-15)18-6-9-4-17-5-10(9)7-21/h1-3,9-10,17,21H,4-7H2,(H,22,23)(H3,16,18,19,20)/t9-,10-/m1/s1. The van der Waals surface area contributed by atoms with Gasteiger partial charge in [-0.25, -0.2) is 9.78 Å². The summed E-state index contributed by atoms with van der Waals surface area (Å²) in [6, 6.07) is 4.65. The molecule has 3 rings (SSSR count). The first-order chi connectivity index (χ1) is 11.1. The predicted molar refractivity (Wildman–Crippen MR) is 86.3 cm³/mol. The van der Waals surface area contributed by atoms with Crippen molar-refractivity contribution in [2.75, 3.05) is 37.3 Å². The summed E-state index contributed by atoms with van der Waals surface area (Å²) in [5.41, 5.74) is 6.49. The highest BCUT2D eigenvalue weighted by atomic mass is 16.4. The zero-order chi connectivity index (χ0) is 16.4. The van der Waals surface area contributed by atoms with Crippen molar-refractivity contribution in [3.63, 3.8) is 0 Å². The summed E-state index contributed by atoms with van der Waals surface area (Å²) >= 11 is 0. The smallest absolute Gasteiger partial charge is 0.335 e. The van der Waals surface area contributed by atoms with E-state index in [0.29, 0.717) is 23.3 Å². The first kappa shape index (κ1) is 15.4. The molecule has 1 fully saturated rings. The van der Waals surface area contributed by atoms with Gasteiger partial charge >= 0.3 is 5.97 Å². The number of aromatic nitrogens is 2. The molecule has 0 unspecified atom stereocenters. The first-order valence-corrected chi connectivity index (χ1v) is 7.44. The molecule has 8 nitrogen and oxygen atoms in total. The number of aromatic carboxylic acids is 1. The van der Waals surface area contributed by atoms with Gasteiger partial charge in [-0.1, -0.05) is 0 Å². The molecular weight excluding hydrogens is 298 g/mol. The number of nitrogens with two attached hydrogens (primary N) is 1. The molecule has 0 saturated carbocycles. The van der Waals surface area contributed by atoms with Gasteiger partial charge in [-0.15, -0.1) is 0 Å². The highest BCUT2D eigenvalue weighted by Gasteiger charge is 2.26. The molecule has 8 heteroatoms. The van der Waals surface area contributed by atoms with E-state index in [2.05, 4.69) is 20.6 Å².